The van der Waals surface area contributed by atoms with Crippen LogP contribution in [0, 0.1) is 18.8 Å². The van der Waals surface area contributed by atoms with E-state index >= 15 is 0 Å². The number of rotatable bonds is 2. The molecule has 0 amide bonds. The first kappa shape index (κ1) is 12.9. The SMILES string of the molecule is Cc1cc(C(=O)O)cc(N2CCC(C)C(C)C2)n1. The summed E-state index contributed by atoms with van der Waals surface area (Å²) in [6.07, 6.45) is 1.14. The number of hydrogen-bond acceptors (Lipinski definition) is 3. The molecule has 4 nitrogen and oxygen atoms in total. The lowest BCUT2D eigenvalue weighted by atomic mass is 9.89. The maximum Gasteiger partial charge on any atom is 0.335 e. The molecule has 4 heteroatoms. The molecule has 2 atom stereocenters. The number of pyridine rings is 1. The van der Waals surface area contributed by atoms with Gasteiger partial charge < -0.3 is 10.0 Å². The fourth-order valence-electron chi connectivity index (χ4n) is 2.41. The molecule has 1 N–H and O–H groups in total. The summed E-state index contributed by atoms with van der Waals surface area (Å²) in [6.45, 7) is 8.27. The third-order valence-corrected chi connectivity index (χ3v) is 3.84. The van der Waals surface area contributed by atoms with Gasteiger partial charge in [0.2, 0.25) is 0 Å². The van der Waals surface area contributed by atoms with Crippen LogP contribution in [0.2, 0.25) is 0 Å². The van der Waals surface area contributed by atoms with E-state index in [1.54, 1.807) is 12.1 Å². The van der Waals surface area contributed by atoms with Crippen molar-refractivity contribution in [2.75, 3.05) is 18.0 Å². The number of aryl methyl sites for hydroxylation is 1. The third-order valence-electron chi connectivity index (χ3n) is 3.84. The van der Waals surface area contributed by atoms with Crippen molar-refractivity contribution in [3.8, 4) is 0 Å². The van der Waals surface area contributed by atoms with Crippen LogP contribution in [0.1, 0.15) is 36.3 Å². The van der Waals surface area contributed by atoms with Crippen molar-refractivity contribution in [2.45, 2.75) is 27.2 Å². The summed E-state index contributed by atoms with van der Waals surface area (Å²) in [5.74, 6) is 1.26. The zero-order valence-electron chi connectivity index (χ0n) is 11.2. The molecule has 2 rings (SSSR count). The minimum Gasteiger partial charge on any atom is -0.478 e. The van der Waals surface area contributed by atoms with Crippen molar-refractivity contribution in [2.24, 2.45) is 11.8 Å². The lowest BCUT2D eigenvalue weighted by Crippen LogP contribution is -2.39. The minimum absolute atomic E-state index is 0.323. The number of nitrogens with zero attached hydrogens (tertiary/aromatic N) is 2. The monoisotopic (exact) mass is 248 g/mol. The van der Waals surface area contributed by atoms with Gasteiger partial charge in [-0.2, -0.15) is 0 Å². The fraction of sp³-hybridized carbons (Fsp3) is 0.571. The van der Waals surface area contributed by atoms with Crippen LogP contribution in [0.4, 0.5) is 5.82 Å². The Morgan fingerprint density at radius 3 is 2.72 bits per heavy atom. The summed E-state index contributed by atoms with van der Waals surface area (Å²) in [7, 11) is 0. The van der Waals surface area contributed by atoms with E-state index in [4.69, 9.17) is 5.11 Å². The van der Waals surface area contributed by atoms with E-state index in [0.29, 0.717) is 11.5 Å². The van der Waals surface area contributed by atoms with Crippen LogP contribution in [0.25, 0.3) is 0 Å². The highest BCUT2D eigenvalue weighted by Crippen LogP contribution is 2.26. The average Bonchev–Trinajstić information content (AvgIpc) is 2.31. The summed E-state index contributed by atoms with van der Waals surface area (Å²) < 4.78 is 0. The van der Waals surface area contributed by atoms with E-state index in [0.717, 1.165) is 36.9 Å². The summed E-state index contributed by atoms with van der Waals surface area (Å²) in [5, 5.41) is 9.08. The molecule has 2 unspecified atom stereocenters. The Morgan fingerprint density at radius 1 is 1.39 bits per heavy atom. The summed E-state index contributed by atoms with van der Waals surface area (Å²) >= 11 is 0. The zero-order chi connectivity index (χ0) is 13.3. The third kappa shape index (κ3) is 2.63. The number of piperidine rings is 1. The van der Waals surface area contributed by atoms with Crippen molar-refractivity contribution in [3.05, 3.63) is 23.4 Å². The summed E-state index contributed by atoms with van der Waals surface area (Å²) in [4.78, 5) is 17.7. The number of anilines is 1. The molecule has 0 aromatic carbocycles. The molecule has 0 saturated carbocycles. The second-order valence-corrected chi connectivity index (χ2v) is 5.35. The maximum absolute atomic E-state index is 11.1. The molecular weight excluding hydrogens is 228 g/mol. The van der Waals surface area contributed by atoms with Gasteiger partial charge in [-0.05, 0) is 37.3 Å². The van der Waals surface area contributed by atoms with Gasteiger partial charge in [-0.15, -0.1) is 0 Å². The van der Waals surface area contributed by atoms with Gasteiger partial charge in [0, 0.05) is 18.8 Å². The predicted octanol–water partition coefficient (Wildman–Crippen LogP) is 2.57. The molecule has 2 heterocycles. The Balaban J connectivity index is 2.25. The molecular formula is C14H20N2O2. The number of carboxylic acid groups (broad SMARTS) is 1. The molecule has 0 radical (unpaired) electrons. The Morgan fingerprint density at radius 2 is 2.11 bits per heavy atom. The number of aromatic carboxylic acids is 1. The van der Waals surface area contributed by atoms with Gasteiger partial charge in [-0.3, -0.25) is 0 Å². The van der Waals surface area contributed by atoms with Crippen LogP contribution >= 0.6 is 0 Å². The molecule has 1 aliphatic heterocycles. The van der Waals surface area contributed by atoms with Crippen LogP contribution in [0.3, 0.4) is 0 Å². The van der Waals surface area contributed by atoms with E-state index in [2.05, 4.69) is 23.7 Å². The highest BCUT2D eigenvalue weighted by atomic mass is 16.4. The largest absolute Gasteiger partial charge is 0.478 e. The van der Waals surface area contributed by atoms with Gasteiger partial charge in [-0.1, -0.05) is 13.8 Å². The van der Waals surface area contributed by atoms with E-state index in [-0.39, 0.29) is 0 Å². The second kappa shape index (κ2) is 4.96. The van der Waals surface area contributed by atoms with Crippen molar-refractivity contribution in [1.82, 2.24) is 4.98 Å². The van der Waals surface area contributed by atoms with Crippen LogP contribution in [-0.4, -0.2) is 29.1 Å². The van der Waals surface area contributed by atoms with Crippen molar-refractivity contribution in [3.63, 3.8) is 0 Å². The molecule has 18 heavy (non-hydrogen) atoms. The molecule has 1 saturated heterocycles. The first-order valence-corrected chi connectivity index (χ1v) is 6.44. The average molecular weight is 248 g/mol. The van der Waals surface area contributed by atoms with E-state index in [9.17, 15) is 4.79 Å². The smallest absolute Gasteiger partial charge is 0.335 e. The summed E-state index contributed by atoms with van der Waals surface area (Å²) in [6, 6.07) is 3.29. The molecule has 1 aliphatic rings. The van der Waals surface area contributed by atoms with Crippen molar-refractivity contribution in [1.29, 1.82) is 0 Å². The van der Waals surface area contributed by atoms with Gasteiger partial charge in [0.1, 0.15) is 5.82 Å². The number of carboxylic acids is 1. The number of hydrogen-bond donors (Lipinski definition) is 1. The molecule has 0 bridgehead atoms. The van der Waals surface area contributed by atoms with Gasteiger partial charge in [0.05, 0.1) is 5.56 Å². The minimum atomic E-state index is -0.889. The van der Waals surface area contributed by atoms with Crippen LogP contribution in [0.15, 0.2) is 12.1 Å². The fourth-order valence-corrected chi connectivity index (χ4v) is 2.41. The lowest BCUT2D eigenvalue weighted by Gasteiger charge is -2.36. The maximum atomic E-state index is 11.1. The molecule has 0 spiro atoms. The molecule has 98 valence electrons. The van der Waals surface area contributed by atoms with E-state index in [1.165, 1.54) is 0 Å². The topological polar surface area (TPSA) is 53.4 Å². The normalized spacial score (nSPS) is 24.1. The van der Waals surface area contributed by atoms with Gasteiger partial charge in [-0.25, -0.2) is 9.78 Å². The van der Waals surface area contributed by atoms with Gasteiger partial charge in [0.15, 0.2) is 0 Å². The molecule has 1 aromatic rings. The Labute approximate surface area is 108 Å². The lowest BCUT2D eigenvalue weighted by molar-refractivity contribution is 0.0696. The Hall–Kier alpha value is -1.58. The predicted molar refractivity (Wildman–Crippen MR) is 71.1 cm³/mol. The van der Waals surface area contributed by atoms with Crippen LogP contribution < -0.4 is 4.90 Å². The molecule has 1 aromatic heterocycles. The highest BCUT2D eigenvalue weighted by Gasteiger charge is 2.24. The Bertz CT molecular complexity index is 459. The van der Waals surface area contributed by atoms with E-state index in [1.807, 2.05) is 6.92 Å². The van der Waals surface area contributed by atoms with E-state index < -0.39 is 5.97 Å². The molecule has 0 aliphatic carbocycles. The standard InChI is InChI=1S/C14H20N2O2/c1-9-4-5-16(8-10(9)2)13-7-12(14(17)18)6-11(3)15-13/h6-7,9-10H,4-5,8H2,1-3H3,(H,17,18). The Kier molecular flexibility index (Phi) is 3.55. The quantitative estimate of drug-likeness (QED) is 0.874. The van der Waals surface area contributed by atoms with Crippen LogP contribution in [0.5, 0.6) is 0 Å². The number of aromatic nitrogens is 1. The summed E-state index contributed by atoms with van der Waals surface area (Å²) in [5.41, 5.74) is 1.08. The first-order valence-electron chi connectivity index (χ1n) is 6.44. The second-order valence-electron chi connectivity index (χ2n) is 5.35. The highest BCUT2D eigenvalue weighted by molar-refractivity contribution is 5.88. The first-order chi connectivity index (χ1) is 8.47. The molecule has 1 fully saturated rings. The van der Waals surface area contributed by atoms with Crippen molar-refractivity contribution >= 4 is 11.8 Å². The zero-order valence-corrected chi connectivity index (χ0v) is 11.2. The van der Waals surface area contributed by atoms with Gasteiger partial charge in [0.25, 0.3) is 0 Å². The van der Waals surface area contributed by atoms with Gasteiger partial charge >= 0.3 is 5.97 Å². The van der Waals surface area contributed by atoms with Crippen molar-refractivity contribution < 1.29 is 9.90 Å². The number of carbonyl (C=O) groups is 1. The van der Waals surface area contributed by atoms with Crippen LogP contribution in [-0.2, 0) is 0 Å².